The first-order valence-electron chi connectivity index (χ1n) is 8.55. The van der Waals surface area contributed by atoms with Crippen LogP contribution < -0.4 is 4.74 Å². The molecule has 0 unspecified atom stereocenters. The molecule has 0 spiro atoms. The third kappa shape index (κ3) is 4.09. The second-order valence-electron chi connectivity index (χ2n) is 6.09. The first kappa shape index (κ1) is 17.7. The van der Waals surface area contributed by atoms with Crippen molar-refractivity contribution < 1.29 is 13.9 Å². The van der Waals surface area contributed by atoms with E-state index in [0.29, 0.717) is 30.0 Å². The summed E-state index contributed by atoms with van der Waals surface area (Å²) in [6.07, 6.45) is 3.47. The molecule has 1 saturated heterocycles. The largest absolute Gasteiger partial charge is 0.488 e. The van der Waals surface area contributed by atoms with Gasteiger partial charge >= 0.3 is 0 Å². The van der Waals surface area contributed by atoms with E-state index in [1.54, 1.807) is 47.4 Å². The normalized spacial score (nSPS) is 14.2. The number of hydrogen-bond donors (Lipinski definition) is 0. The number of hydrogen-bond acceptors (Lipinski definition) is 3. The molecule has 5 heteroatoms. The van der Waals surface area contributed by atoms with Gasteiger partial charge < -0.3 is 9.64 Å². The van der Waals surface area contributed by atoms with Crippen molar-refractivity contribution in [2.24, 2.45) is 0 Å². The van der Waals surface area contributed by atoms with Crippen LogP contribution >= 0.6 is 0 Å². The fraction of sp³-hybridized carbons (Fsp3) is 0.238. The number of amides is 1. The van der Waals surface area contributed by atoms with Crippen LogP contribution in [0.2, 0.25) is 0 Å². The molecule has 1 amide bonds. The molecule has 4 nitrogen and oxygen atoms in total. The predicted octanol–water partition coefficient (Wildman–Crippen LogP) is 3.93. The van der Waals surface area contributed by atoms with Crippen LogP contribution in [0.25, 0.3) is 6.08 Å². The highest BCUT2D eigenvalue weighted by Crippen LogP contribution is 2.23. The van der Waals surface area contributed by atoms with Crippen molar-refractivity contribution in [1.29, 1.82) is 5.26 Å². The number of carbonyl (C=O) groups excluding carboxylic acids is 1. The Hall–Kier alpha value is -3.13. The molecule has 0 N–H and O–H groups in total. The maximum atomic E-state index is 13.8. The molecule has 0 saturated carbocycles. The minimum absolute atomic E-state index is 0.0689. The number of nitrogens with zero attached hydrogens (tertiary/aromatic N) is 2. The van der Waals surface area contributed by atoms with Gasteiger partial charge in [0.05, 0.1) is 0 Å². The molecule has 2 aromatic rings. The Labute approximate surface area is 152 Å². The van der Waals surface area contributed by atoms with Crippen molar-refractivity contribution in [2.45, 2.75) is 19.4 Å². The molecular weight excluding hydrogens is 331 g/mol. The van der Waals surface area contributed by atoms with Gasteiger partial charge in [0.1, 0.15) is 29.8 Å². The van der Waals surface area contributed by atoms with Gasteiger partial charge in [-0.05, 0) is 31.1 Å². The van der Waals surface area contributed by atoms with Gasteiger partial charge in [-0.25, -0.2) is 4.39 Å². The van der Waals surface area contributed by atoms with Crippen molar-refractivity contribution in [3.63, 3.8) is 0 Å². The fourth-order valence-corrected chi connectivity index (χ4v) is 2.89. The lowest BCUT2D eigenvalue weighted by atomic mass is 10.1. The lowest BCUT2D eigenvalue weighted by Crippen LogP contribution is -2.28. The Morgan fingerprint density at radius 3 is 2.58 bits per heavy atom. The highest BCUT2D eigenvalue weighted by atomic mass is 19.1. The zero-order valence-electron chi connectivity index (χ0n) is 14.3. The molecule has 0 radical (unpaired) electrons. The quantitative estimate of drug-likeness (QED) is 0.606. The third-order valence-electron chi connectivity index (χ3n) is 4.30. The highest BCUT2D eigenvalue weighted by molar-refractivity contribution is 6.02. The zero-order valence-corrected chi connectivity index (χ0v) is 14.3. The summed E-state index contributed by atoms with van der Waals surface area (Å²) in [5.41, 5.74) is 1.14. The van der Waals surface area contributed by atoms with Crippen molar-refractivity contribution >= 4 is 12.0 Å². The second kappa shape index (κ2) is 8.30. The fourth-order valence-electron chi connectivity index (χ4n) is 2.89. The molecule has 26 heavy (non-hydrogen) atoms. The summed E-state index contributed by atoms with van der Waals surface area (Å²) in [6, 6.07) is 15.5. The van der Waals surface area contributed by atoms with Gasteiger partial charge in [-0.2, -0.15) is 5.26 Å². The van der Waals surface area contributed by atoms with Crippen LogP contribution in [-0.2, 0) is 11.4 Å². The molecule has 132 valence electrons. The summed E-state index contributed by atoms with van der Waals surface area (Å²) in [4.78, 5) is 14.2. The summed E-state index contributed by atoms with van der Waals surface area (Å²) in [6.45, 7) is 1.44. The van der Waals surface area contributed by atoms with Gasteiger partial charge in [-0.15, -0.1) is 0 Å². The van der Waals surface area contributed by atoms with E-state index in [4.69, 9.17) is 4.74 Å². The predicted molar refractivity (Wildman–Crippen MR) is 96.6 cm³/mol. The van der Waals surface area contributed by atoms with Crippen LogP contribution in [0.3, 0.4) is 0 Å². The van der Waals surface area contributed by atoms with E-state index in [9.17, 15) is 14.4 Å². The monoisotopic (exact) mass is 350 g/mol. The van der Waals surface area contributed by atoms with Crippen molar-refractivity contribution in [3.8, 4) is 11.8 Å². The van der Waals surface area contributed by atoms with E-state index in [-0.39, 0.29) is 23.9 Å². The summed E-state index contributed by atoms with van der Waals surface area (Å²) in [5.74, 6) is -0.0888. The lowest BCUT2D eigenvalue weighted by Gasteiger charge is -2.15. The summed E-state index contributed by atoms with van der Waals surface area (Å²) in [7, 11) is 0. The summed E-state index contributed by atoms with van der Waals surface area (Å²) >= 11 is 0. The molecule has 2 aromatic carbocycles. The molecule has 1 aliphatic rings. The van der Waals surface area contributed by atoms with E-state index >= 15 is 0 Å². The van der Waals surface area contributed by atoms with E-state index in [0.717, 1.165) is 12.8 Å². The number of likely N-dealkylation sites (tertiary alicyclic amines) is 1. The molecular formula is C21H19FN2O2. The Balaban J connectivity index is 1.80. The summed E-state index contributed by atoms with van der Waals surface area (Å²) < 4.78 is 19.5. The van der Waals surface area contributed by atoms with Crippen LogP contribution in [0, 0.1) is 17.1 Å². The number of halogens is 1. The van der Waals surface area contributed by atoms with Crippen LogP contribution in [0.5, 0.6) is 5.75 Å². The molecule has 1 fully saturated rings. The smallest absolute Gasteiger partial charge is 0.264 e. The molecule has 1 heterocycles. The lowest BCUT2D eigenvalue weighted by molar-refractivity contribution is -0.125. The van der Waals surface area contributed by atoms with Crippen LogP contribution in [-0.4, -0.2) is 23.9 Å². The Bertz CT molecular complexity index is 864. The van der Waals surface area contributed by atoms with Crippen LogP contribution in [0.15, 0.2) is 54.1 Å². The third-order valence-corrected chi connectivity index (χ3v) is 4.30. The number of nitriles is 1. The first-order chi connectivity index (χ1) is 12.7. The second-order valence-corrected chi connectivity index (χ2v) is 6.09. The minimum atomic E-state index is -0.331. The number of benzene rings is 2. The van der Waals surface area contributed by atoms with Gasteiger partial charge in [0.15, 0.2) is 0 Å². The number of ether oxygens (including phenoxy) is 1. The van der Waals surface area contributed by atoms with Gasteiger partial charge in [0.25, 0.3) is 5.91 Å². The molecule has 0 aliphatic carbocycles. The van der Waals surface area contributed by atoms with E-state index in [1.807, 2.05) is 6.07 Å². The first-order valence-corrected chi connectivity index (χ1v) is 8.55. The standard InChI is InChI=1S/C21H19FN2O2/c22-19-9-3-1-8-17(19)15-26-20-10-4-2-7-16(20)13-18(14-23)21(25)24-11-5-6-12-24/h1-4,7-10,13H,5-6,11-12,15H2/b18-13+. The summed E-state index contributed by atoms with van der Waals surface area (Å²) in [5, 5.41) is 9.40. The average molecular weight is 350 g/mol. The van der Waals surface area contributed by atoms with Crippen molar-refractivity contribution in [3.05, 3.63) is 71.0 Å². The molecule has 3 rings (SSSR count). The average Bonchev–Trinajstić information content (AvgIpc) is 3.20. The van der Waals surface area contributed by atoms with Gasteiger partial charge in [0.2, 0.25) is 0 Å². The van der Waals surface area contributed by atoms with E-state index < -0.39 is 0 Å². The van der Waals surface area contributed by atoms with E-state index in [1.165, 1.54) is 12.1 Å². The maximum absolute atomic E-state index is 13.8. The Kier molecular flexibility index (Phi) is 5.65. The van der Waals surface area contributed by atoms with Gasteiger partial charge in [-0.1, -0.05) is 36.4 Å². The maximum Gasteiger partial charge on any atom is 0.264 e. The van der Waals surface area contributed by atoms with Crippen LogP contribution in [0.4, 0.5) is 4.39 Å². The molecule has 0 bridgehead atoms. The SMILES string of the molecule is N#C/C(=C\c1ccccc1OCc1ccccc1F)C(=O)N1CCCC1. The number of carbonyl (C=O) groups is 1. The number of para-hydroxylation sites is 1. The Morgan fingerprint density at radius 2 is 1.85 bits per heavy atom. The van der Waals surface area contributed by atoms with Crippen molar-refractivity contribution in [2.75, 3.05) is 13.1 Å². The molecule has 1 aliphatic heterocycles. The molecule has 0 atom stereocenters. The Morgan fingerprint density at radius 1 is 1.15 bits per heavy atom. The molecule has 0 aromatic heterocycles. The van der Waals surface area contributed by atoms with E-state index in [2.05, 4.69) is 0 Å². The number of rotatable bonds is 5. The minimum Gasteiger partial charge on any atom is -0.488 e. The highest BCUT2D eigenvalue weighted by Gasteiger charge is 2.21. The van der Waals surface area contributed by atoms with Crippen LogP contribution in [0.1, 0.15) is 24.0 Å². The van der Waals surface area contributed by atoms with Gasteiger partial charge in [0, 0.05) is 24.2 Å². The topological polar surface area (TPSA) is 53.3 Å². The van der Waals surface area contributed by atoms with Gasteiger partial charge in [-0.3, -0.25) is 4.79 Å². The zero-order chi connectivity index (χ0) is 18.4. The van der Waals surface area contributed by atoms with Crippen molar-refractivity contribution in [1.82, 2.24) is 4.90 Å².